The average molecular weight is 368 g/mol. The van der Waals surface area contributed by atoms with Crippen molar-refractivity contribution in [3.63, 3.8) is 0 Å². The Kier molecular flexibility index (Phi) is 12.0. The second kappa shape index (κ2) is 10.8. The van der Waals surface area contributed by atoms with E-state index in [4.69, 9.17) is 0 Å². The van der Waals surface area contributed by atoms with Crippen molar-refractivity contribution in [1.82, 2.24) is 0 Å². The van der Waals surface area contributed by atoms with Gasteiger partial charge < -0.3 is 0 Å². The highest BCUT2D eigenvalue weighted by Gasteiger charge is 2.27. The van der Waals surface area contributed by atoms with Crippen LogP contribution in [0.25, 0.3) is 0 Å². The SMILES string of the molecule is CC(C)OP(=O)(F)OC(C)C.CC(C)OP(=O)(F)OC(C)C. The van der Waals surface area contributed by atoms with Crippen LogP contribution in [-0.2, 0) is 27.2 Å². The Morgan fingerprint density at radius 2 is 0.682 bits per heavy atom. The number of rotatable bonds is 8. The Bertz CT molecular complexity index is 324. The second-order valence-electron chi connectivity index (χ2n) is 5.48. The predicted octanol–water partition coefficient (Wildman–Crippen LogP) is 5.83. The van der Waals surface area contributed by atoms with Crippen LogP contribution >= 0.6 is 15.8 Å². The third-order valence-corrected chi connectivity index (χ3v) is 4.04. The van der Waals surface area contributed by atoms with Crippen molar-refractivity contribution in [2.45, 2.75) is 79.8 Å². The zero-order valence-electron chi connectivity index (χ0n) is 14.4. The molecule has 0 heterocycles. The first-order valence-electron chi connectivity index (χ1n) is 7.00. The van der Waals surface area contributed by atoms with Gasteiger partial charge in [-0.2, -0.15) is 0 Å². The van der Waals surface area contributed by atoms with E-state index < -0.39 is 40.2 Å². The van der Waals surface area contributed by atoms with Gasteiger partial charge in [-0.1, -0.05) is 0 Å². The van der Waals surface area contributed by atoms with Crippen LogP contribution in [0.5, 0.6) is 0 Å². The highest BCUT2D eigenvalue weighted by molar-refractivity contribution is 7.48. The molecule has 0 bridgehead atoms. The molecule has 0 N–H and O–H groups in total. The first-order chi connectivity index (χ1) is 9.67. The van der Waals surface area contributed by atoms with Crippen LogP contribution in [0.2, 0.25) is 0 Å². The number of hydrogen-bond donors (Lipinski definition) is 0. The molecule has 0 rings (SSSR count). The summed E-state index contributed by atoms with van der Waals surface area (Å²) < 4.78 is 64.5. The Hall–Kier alpha value is 0.160. The summed E-state index contributed by atoms with van der Waals surface area (Å²) in [6, 6.07) is 0. The molecule has 0 atom stereocenters. The highest BCUT2D eigenvalue weighted by Crippen LogP contribution is 2.52. The Morgan fingerprint density at radius 3 is 0.773 bits per heavy atom. The molecule has 0 aromatic rings. The molecule has 10 heteroatoms. The zero-order valence-corrected chi connectivity index (χ0v) is 16.2. The fraction of sp³-hybridized carbons (Fsp3) is 1.00. The van der Waals surface area contributed by atoms with Crippen molar-refractivity contribution in [3.05, 3.63) is 0 Å². The predicted molar refractivity (Wildman–Crippen MR) is 82.3 cm³/mol. The van der Waals surface area contributed by atoms with Gasteiger partial charge >= 0.3 is 15.8 Å². The molecule has 0 aliphatic heterocycles. The van der Waals surface area contributed by atoms with Crippen LogP contribution in [0.1, 0.15) is 55.4 Å². The fourth-order valence-corrected chi connectivity index (χ4v) is 3.17. The summed E-state index contributed by atoms with van der Waals surface area (Å²) in [4.78, 5) is 0. The van der Waals surface area contributed by atoms with E-state index in [1.165, 1.54) is 0 Å². The molecular formula is C12H28F2O6P2. The smallest absolute Gasteiger partial charge is 0.281 e. The van der Waals surface area contributed by atoms with E-state index in [0.717, 1.165) is 0 Å². The molecule has 0 radical (unpaired) electrons. The average Bonchev–Trinajstić information content (AvgIpc) is 2.06. The fourth-order valence-electron chi connectivity index (χ4n) is 1.06. The molecule has 0 unspecified atom stereocenters. The first kappa shape index (κ1) is 24.4. The maximum atomic E-state index is 12.7. The van der Waals surface area contributed by atoms with Crippen molar-refractivity contribution >= 4 is 15.8 Å². The van der Waals surface area contributed by atoms with Crippen molar-refractivity contribution < 1.29 is 35.6 Å². The number of hydrogen-bond acceptors (Lipinski definition) is 6. The molecule has 6 nitrogen and oxygen atoms in total. The monoisotopic (exact) mass is 368 g/mol. The van der Waals surface area contributed by atoms with E-state index in [2.05, 4.69) is 18.1 Å². The molecule has 0 aliphatic rings. The van der Waals surface area contributed by atoms with E-state index in [9.17, 15) is 17.5 Å². The minimum absolute atomic E-state index is 0.426. The molecule has 0 aliphatic carbocycles. The number of halogens is 2. The van der Waals surface area contributed by atoms with Gasteiger partial charge in [-0.25, -0.2) is 9.13 Å². The topological polar surface area (TPSA) is 71.1 Å². The van der Waals surface area contributed by atoms with Gasteiger partial charge in [-0.05, 0) is 55.4 Å². The van der Waals surface area contributed by atoms with E-state index in [1.54, 1.807) is 55.4 Å². The minimum Gasteiger partial charge on any atom is -0.281 e. The molecule has 0 spiro atoms. The van der Waals surface area contributed by atoms with Crippen LogP contribution < -0.4 is 0 Å². The van der Waals surface area contributed by atoms with Crippen LogP contribution in [0.4, 0.5) is 8.39 Å². The highest BCUT2D eigenvalue weighted by atomic mass is 31.2. The zero-order chi connectivity index (χ0) is 18.1. The molecule has 0 amide bonds. The van der Waals surface area contributed by atoms with Crippen LogP contribution in [-0.4, -0.2) is 24.4 Å². The molecule has 0 fully saturated rings. The third-order valence-electron chi connectivity index (χ3n) is 1.35. The van der Waals surface area contributed by atoms with Crippen LogP contribution in [0, 0.1) is 0 Å². The lowest BCUT2D eigenvalue weighted by Gasteiger charge is -2.14. The summed E-state index contributed by atoms with van der Waals surface area (Å²) in [6.07, 6.45) is -1.71. The molecule has 0 saturated carbocycles. The molecule has 136 valence electrons. The van der Waals surface area contributed by atoms with Crippen LogP contribution in [0.15, 0.2) is 0 Å². The van der Waals surface area contributed by atoms with Gasteiger partial charge in [-0.3, -0.25) is 18.1 Å². The Morgan fingerprint density at radius 1 is 0.545 bits per heavy atom. The summed E-state index contributed by atoms with van der Waals surface area (Å²) >= 11 is 0. The standard InChI is InChI=1S/2C6H14FO3P/c2*1-5(2)9-11(7,8)10-6(3)4/h2*5-6H,1-4H3. The minimum atomic E-state index is -4.30. The second-order valence-corrected chi connectivity index (χ2v) is 8.04. The van der Waals surface area contributed by atoms with E-state index in [0.29, 0.717) is 0 Å². The van der Waals surface area contributed by atoms with Gasteiger partial charge in [0.05, 0.1) is 24.4 Å². The van der Waals surface area contributed by atoms with Gasteiger partial charge in [0.25, 0.3) is 0 Å². The van der Waals surface area contributed by atoms with Gasteiger partial charge in [0.2, 0.25) is 0 Å². The maximum Gasteiger partial charge on any atom is 0.513 e. The first-order valence-corrected chi connectivity index (χ1v) is 9.86. The molecule has 0 saturated heterocycles. The van der Waals surface area contributed by atoms with E-state index in [1.807, 2.05) is 0 Å². The lowest BCUT2D eigenvalue weighted by molar-refractivity contribution is 0.117. The molecule has 0 aromatic heterocycles. The van der Waals surface area contributed by atoms with Crippen molar-refractivity contribution in [3.8, 4) is 0 Å². The summed E-state index contributed by atoms with van der Waals surface area (Å²) in [5, 5.41) is 0. The molecule has 0 aromatic carbocycles. The lowest BCUT2D eigenvalue weighted by atomic mass is 10.5. The van der Waals surface area contributed by atoms with Crippen molar-refractivity contribution in [1.29, 1.82) is 0 Å². The van der Waals surface area contributed by atoms with E-state index >= 15 is 0 Å². The van der Waals surface area contributed by atoms with Crippen molar-refractivity contribution in [2.75, 3.05) is 0 Å². The van der Waals surface area contributed by atoms with E-state index in [-0.39, 0.29) is 0 Å². The van der Waals surface area contributed by atoms with Gasteiger partial charge in [0.1, 0.15) is 0 Å². The Balaban J connectivity index is 0. The molecular weight excluding hydrogens is 340 g/mol. The quantitative estimate of drug-likeness (QED) is 0.502. The normalized spacial score (nSPS) is 13.0. The van der Waals surface area contributed by atoms with Gasteiger partial charge in [-0.15, -0.1) is 8.39 Å². The van der Waals surface area contributed by atoms with Gasteiger partial charge in [0, 0.05) is 0 Å². The van der Waals surface area contributed by atoms with Crippen LogP contribution in [0.3, 0.4) is 0 Å². The largest absolute Gasteiger partial charge is 0.513 e. The maximum absolute atomic E-state index is 12.7. The summed E-state index contributed by atoms with van der Waals surface area (Å²) in [6.45, 7) is 12.7. The van der Waals surface area contributed by atoms with Gasteiger partial charge in [0.15, 0.2) is 0 Å². The summed E-state index contributed by atoms with van der Waals surface area (Å²) in [5.74, 6) is 0. The van der Waals surface area contributed by atoms with Crippen molar-refractivity contribution in [2.24, 2.45) is 0 Å². The lowest BCUT2D eigenvalue weighted by Crippen LogP contribution is -2.04. The molecule has 22 heavy (non-hydrogen) atoms. The third kappa shape index (κ3) is 18.2. The summed E-state index contributed by atoms with van der Waals surface area (Å²) in [7, 11) is -8.61. The summed E-state index contributed by atoms with van der Waals surface area (Å²) in [5.41, 5.74) is 0. The Labute approximate surface area is 132 Å².